The Labute approximate surface area is 125 Å². The first-order valence-corrected chi connectivity index (χ1v) is 7.50. The van der Waals surface area contributed by atoms with E-state index in [4.69, 9.17) is 11.6 Å². The molecule has 1 N–H and O–H groups in total. The molecule has 3 rings (SSSR count). The molecule has 1 atom stereocenters. The summed E-state index contributed by atoms with van der Waals surface area (Å²) in [6.45, 7) is 2.87. The summed E-state index contributed by atoms with van der Waals surface area (Å²) in [5.41, 5.74) is 3.62. The van der Waals surface area contributed by atoms with Gasteiger partial charge in [-0.25, -0.2) is 0 Å². The fourth-order valence-corrected chi connectivity index (χ4v) is 2.61. The summed E-state index contributed by atoms with van der Waals surface area (Å²) >= 11 is 5.97. The van der Waals surface area contributed by atoms with E-state index in [-0.39, 0.29) is 0 Å². The van der Waals surface area contributed by atoms with E-state index in [0.29, 0.717) is 6.04 Å². The van der Waals surface area contributed by atoms with Crippen LogP contribution in [0.1, 0.15) is 35.7 Å². The van der Waals surface area contributed by atoms with Crippen LogP contribution in [0.3, 0.4) is 0 Å². The largest absolute Gasteiger partial charge is 0.306 e. The Kier molecular flexibility index (Phi) is 4.04. The maximum absolute atomic E-state index is 5.97. The third-order valence-corrected chi connectivity index (χ3v) is 4.07. The van der Waals surface area contributed by atoms with Gasteiger partial charge in [0.25, 0.3) is 0 Å². The Morgan fingerprint density at radius 3 is 2.55 bits per heavy atom. The number of aryl methyl sites for hydroxylation is 1. The maximum atomic E-state index is 5.97. The standard InChI is InChI=1S/C17H19ClN2/c1-12-2-3-13(10-19-12)11-20-17(14-4-5-14)15-6-8-16(18)9-7-15/h2-3,6-10,14,17,20H,4-5,11H2,1H3. The average Bonchev–Trinajstić information content (AvgIpc) is 3.28. The molecule has 0 amide bonds. The highest BCUT2D eigenvalue weighted by Crippen LogP contribution is 2.41. The van der Waals surface area contributed by atoms with Gasteiger partial charge in [-0.2, -0.15) is 0 Å². The van der Waals surface area contributed by atoms with Crippen molar-refractivity contribution in [2.45, 2.75) is 32.4 Å². The highest BCUT2D eigenvalue weighted by Gasteiger charge is 2.31. The first-order chi connectivity index (χ1) is 9.72. The van der Waals surface area contributed by atoms with Gasteiger partial charge >= 0.3 is 0 Å². The summed E-state index contributed by atoms with van der Waals surface area (Å²) in [6, 6.07) is 12.8. The Morgan fingerprint density at radius 2 is 1.95 bits per heavy atom. The van der Waals surface area contributed by atoms with Gasteiger partial charge in [0.15, 0.2) is 0 Å². The second kappa shape index (κ2) is 5.94. The van der Waals surface area contributed by atoms with Crippen molar-refractivity contribution >= 4 is 11.6 Å². The fourth-order valence-electron chi connectivity index (χ4n) is 2.49. The van der Waals surface area contributed by atoms with Crippen molar-refractivity contribution in [2.24, 2.45) is 5.92 Å². The van der Waals surface area contributed by atoms with Crippen molar-refractivity contribution in [3.05, 3.63) is 64.4 Å². The molecule has 1 aromatic heterocycles. The van der Waals surface area contributed by atoms with Gasteiger partial charge < -0.3 is 5.32 Å². The van der Waals surface area contributed by atoms with Crippen LogP contribution in [-0.4, -0.2) is 4.98 Å². The van der Waals surface area contributed by atoms with Gasteiger partial charge in [-0.15, -0.1) is 0 Å². The summed E-state index contributed by atoms with van der Waals surface area (Å²) in [4.78, 5) is 4.34. The monoisotopic (exact) mass is 286 g/mol. The summed E-state index contributed by atoms with van der Waals surface area (Å²) in [5.74, 6) is 0.759. The van der Waals surface area contributed by atoms with Crippen LogP contribution in [-0.2, 0) is 6.54 Å². The van der Waals surface area contributed by atoms with E-state index >= 15 is 0 Å². The quantitative estimate of drug-likeness (QED) is 0.887. The first kappa shape index (κ1) is 13.6. The lowest BCUT2D eigenvalue weighted by Crippen LogP contribution is -2.22. The van der Waals surface area contributed by atoms with Crippen molar-refractivity contribution in [1.29, 1.82) is 0 Å². The summed E-state index contributed by atoms with van der Waals surface area (Å²) in [7, 11) is 0. The number of rotatable bonds is 5. The van der Waals surface area contributed by atoms with Crippen LogP contribution in [0.2, 0.25) is 5.02 Å². The zero-order chi connectivity index (χ0) is 13.9. The minimum atomic E-state index is 0.425. The minimum absolute atomic E-state index is 0.425. The van der Waals surface area contributed by atoms with Crippen LogP contribution in [0.25, 0.3) is 0 Å². The van der Waals surface area contributed by atoms with Crippen LogP contribution < -0.4 is 5.32 Å². The molecule has 0 radical (unpaired) electrons. The normalized spacial score (nSPS) is 16.1. The third kappa shape index (κ3) is 3.38. The fraction of sp³-hybridized carbons (Fsp3) is 0.353. The Balaban J connectivity index is 1.68. The Hall–Kier alpha value is -1.38. The Bertz CT molecular complexity index is 559. The highest BCUT2D eigenvalue weighted by molar-refractivity contribution is 6.30. The number of nitrogens with one attached hydrogen (secondary N) is 1. The number of aromatic nitrogens is 1. The predicted octanol–water partition coefficient (Wildman–Crippen LogP) is 4.28. The van der Waals surface area contributed by atoms with Crippen LogP contribution in [0.4, 0.5) is 0 Å². The maximum Gasteiger partial charge on any atom is 0.0406 e. The topological polar surface area (TPSA) is 24.9 Å². The average molecular weight is 287 g/mol. The van der Waals surface area contributed by atoms with E-state index in [1.54, 1.807) is 0 Å². The molecule has 1 unspecified atom stereocenters. The second-order valence-electron chi connectivity index (χ2n) is 5.56. The van der Waals surface area contributed by atoms with Gasteiger partial charge in [0.05, 0.1) is 0 Å². The van der Waals surface area contributed by atoms with Gasteiger partial charge in [0, 0.05) is 29.5 Å². The SMILES string of the molecule is Cc1ccc(CNC(c2ccc(Cl)cc2)C2CC2)cn1. The summed E-state index contributed by atoms with van der Waals surface area (Å²) in [5, 5.41) is 4.47. The number of halogens is 1. The van der Waals surface area contributed by atoms with Gasteiger partial charge in [-0.3, -0.25) is 4.98 Å². The van der Waals surface area contributed by atoms with Gasteiger partial charge in [-0.1, -0.05) is 29.8 Å². The lowest BCUT2D eigenvalue weighted by molar-refractivity contribution is 0.480. The molecule has 1 fully saturated rings. The second-order valence-corrected chi connectivity index (χ2v) is 5.99. The molecule has 1 aromatic carbocycles. The van der Waals surface area contributed by atoms with Crippen molar-refractivity contribution < 1.29 is 0 Å². The lowest BCUT2D eigenvalue weighted by Gasteiger charge is -2.19. The van der Waals surface area contributed by atoms with Gasteiger partial charge in [0.1, 0.15) is 0 Å². The predicted molar refractivity (Wildman–Crippen MR) is 82.7 cm³/mol. The minimum Gasteiger partial charge on any atom is -0.306 e. The zero-order valence-corrected chi connectivity index (χ0v) is 12.4. The molecule has 0 aliphatic heterocycles. The van der Waals surface area contributed by atoms with E-state index in [9.17, 15) is 0 Å². The summed E-state index contributed by atoms with van der Waals surface area (Å²) < 4.78 is 0. The molecular formula is C17H19ClN2. The third-order valence-electron chi connectivity index (χ3n) is 3.82. The molecule has 2 nitrogen and oxygen atoms in total. The number of hydrogen-bond donors (Lipinski definition) is 1. The molecular weight excluding hydrogens is 268 g/mol. The molecule has 0 bridgehead atoms. The van der Waals surface area contributed by atoms with Crippen LogP contribution in [0, 0.1) is 12.8 Å². The molecule has 0 saturated heterocycles. The van der Waals surface area contributed by atoms with E-state index in [2.05, 4.69) is 34.6 Å². The molecule has 1 heterocycles. The Morgan fingerprint density at radius 1 is 1.20 bits per heavy atom. The smallest absolute Gasteiger partial charge is 0.0406 e. The van der Waals surface area contributed by atoms with Crippen molar-refractivity contribution in [3.63, 3.8) is 0 Å². The van der Waals surface area contributed by atoms with Crippen molar-refractivity contribution in [2.75, 3.05) is 0 Å². The number of pyridine rings is 1. The molecule has 0 spiro atoms. The van der Waals surface area contributed by atoms with E-state index in [0.717, 1.165) is 23.2 Å². The lowest BCUT2D eigenvalue weighted by atomic mass is 10.0. The van der Waals surface area contributed by atoms with Crippen LogP contribution in [0.15, 0.2) is 42.6 Å². The molecule has 3 heteroatoms. The van der Waals surface area contributed by atoms with Crippen LogP contribution >= 0.6 is 11.6 Å². The van der Waals surface area contributed by atoms with E-state index in [1.165, 1.54) is 24.0 Å². The van der Waals surface area contributed by atoms with E-state index in [1.807, 2.05) is 25.3 Å². The molecule has 1 aliphatic rings. The molecule has 2 aromatic rings. The van der Waals surface area contributed by atoms with Gasteiger partial charge in [0.2, 0.25) is 0 Å². The number of hydrogen-bond acceptors (Lipinski definition) is 2. The van der Waals surface area contributed by atoms with Gasteiger partial charge in [-0.05, 0) is 55.0 Å². The zero-order valence-electron chi connectivity index (χ0n) is 11.6. The van der Waals surface area contributed by atoms with E-state index < -0.39 is 0 Å². The highest BCUT2D eigenvalue weighted by atomic mass is 35.5. The molecule has 104 valence electrons. The van der Waals surface area contributed by atoms with Crippen LogP contribution in [0.5, 0.6) is 0 Å². The summed E-state index contributed by atoms with van der Waals surface area (Å²) in [6.07, 6.45) is 4.58. The van der Waals surface area contributed by atoms with Crippen molar-refractivity contribution in [1.82, 2.24) is 10.3 Å². The first-order valence-electron chi connectivity index (χ1n) is 7.13. The van der Waals surface area contributed by atoms with Crippen molar-refractivity contribution in [3.8, 4) is 0 Å². The molecule has 1 aliphatic carbocycles. The number of benzene rings is 1. The number of nitrogens with zero attached hydrogens (tertiary/aromatic N) is 1. The molecule has 1 saturated carbocycles. The molecule has 20 heavy (non-hydrogen) atoms.